The van der Waals surface area contributed by atoms with Gasteiger partial charge in [-0.1, -0.05) is 12.1 Å². The van der Waals surface area contributed by atoms with Crippen molar-refractivity contribution in [1.29, 1.82) is 0 Å². The number of rotatable bonds is 9. The lowest BCUT2D eigenvalue weighted by atomic mass is 10.2. The molecule has 9 nitrogen and oxygen atoms in total. The van der Waals surface area contributed by atoms with Crippen molar-refractivity contribution in [2.24, 2.45) is 0 Å². The first-order chi connectivity index (χ1) is 15.8. The van der Waals surface area contributed by atoms with Crippen molar-refractivity contribution >= 4 is 33.2 Å². The first-order valence-corrected chi connectivity index (χ1v) is 12.5. The van der Waals surface area contributed by atoms with E-state index in [0.29, 0.717) is 61.8 Å². The highest BCUT2D eigenvalue weighted by molar-refractivity contribution is 7.89. The van der Waals surface area contributed by atoms with Gasteiger partial charge in [-0.05, 0) is 43.3 Å². The number of ether oxygens (including phenoxy) is 1. The van der Waals surface area contributed by atoms with Gasteiger partial charge < -0.3 is 20.3 Å². The van der Waals surface area contributed by atoms with Crippen molar-refractivity contribution < 1.29 is 22.7 Å². The fourth-order valence-electron chi connectivity index (χ4n) is 3.54. The van der Waals surface area contributed by atoms with E-state index in [-0.39, 0.29) is 17.6 Å². The van der Waals surface area contributed by atoms with E-state index >= 15 is 0 Å². The van der Waals surface area contributed by atoms with Crippen LogP contribution in [0.2, 0.25) is 0 Å². The van der Waals surface area contributed by atoms with E-state index in [2.05, 4.69) is 15.5 Å². The molecule has 2 amide bonds. The average molecular weight is 475 g/mol. The molecular formula is C23H30N4O5S. The first kappa shape index (κ1) is 24.7. The first-order valence-electron chi connectivity index (χ1n) is 10.9. The number of hydrogen-bond donors (Lipinski definition) is 2. The summed E-state index contributed by atoms with van der Waals surface area (Å²) in [6, 6.07) is 13.8. The van der Waals surface area contributed by atoms with Crippen LogP contribution in [0.5, 0.6) is 5.75 Å². The molecule has 10 heteroatoms. The molecule has 1 saturated heterocycles. The lowest BCUT2D eigenvalue weighted by Crippen LogP contribution is -2.49. The quantitative estimate of drug-likeness (QED) is 0.577. The van der Waals surface area contributed by atoms with E-state index in [9.17, 15) is 18.0 Å². The lowest BCUT2D eigenvalue weighted by molar-refractivity contribution is -0.116. The third kappa shape index (κ3) is 6.77. The number of nitrogens with zero attached hydrogens (tertiary/aromatic N) is 2. The second kappa shape index (κ2) is 11.3. The molecule has 0 aliphatic carbocycles. The minimum atomic E-state index is -3.16. The van der Waals surface area contributed by atoms with Gasteiger partial charge in [0.1, 0.15) is 5.75 Å². The van der Waals surface area contributed by atoms with E-state index in [1.54, 1.807) is 50.4 Å². The molecule has 33 heavy (non-hydrogen) atoms. The van der Waals surface area contributed by atoms with Gasteiger partial charge in [0.15, 0.2) is 0 Å². The van der Waals surface area contributed by atoms with Crippen molar-refractivity contribution in [3.8, 4) is 5.75 Å². The number of hydrogen-bond acceptors (Lipinski definition) is 6. The van der Waals surface area contributed by atoms with Gasteiger partial charge in [0.05, 0.1) is 18.6 Å². The molecule has 0 saturated carbocycles. The maximum Gasteiger partial charge on any atom is 0.255 e. The van der Waals surface area contributed by atoms with Gasteiger partial charge in [0.2, 0.25) is 15.9 Å². The number of para-hydroxylation sites is 2. The minimum absolute atomic E-state index is 0.107. The van der Waals surface area contributed by atoms with Crippen LogP contribution in [0.25, 0.3) is 0 Å². The largest absolute Gasteiger partial charge is 0.495 e. The molecule has 0 spiro atoms. The smallest absolute Gasteiger partial charge is 0.255 e. The van der Waals surface area contributed by atoms with Crippen LogP contribution in [0.3, 0.4) is 0 Å². The summed E-state index contributed by atoms with van der Waals surface area (Å²) in [5, 5.41) is 5.65. The summed E-state index contributed by atoms with van der Waals surface area (Å²) < 4.78 is 30.6. The van der Waals surface area contributed by atoms with E-state index < -0.39 is 10.0 Å². The van der Waals surface area contributed by atoms with Crippen molar-refractivity contribution in [2.45, 2.75) is 13.3 Å². The highest BCUT2D eigenvalue weighted by Crippen LogP contribution is 2.24. The number of nitrogens with one attached hydrogen (secondary N) is 2. The Bertz CT molecular complexity index is 1060. The zero-order chi connectivity index (χ0) is 23.8. The third-order valence-electron chi connectivity index (χ3n) is 5.53. The second-order valence-electron chi connectivity index (χ2n) is 7.67. The van der Waals surface area contributed by atoms with Crippen LogP contribution in [0.1, 0.15) is 23.7 Å². The van der Waals surface area contributed by atoms with Gasteiger partial charge in [-0.15, -0.1) is 0 Å². The Morgan fingerprint density at radius 3 is 2.27 bits per heavy atom. The maximum absolute atomic E-state index is 12.5. The fourth-order valence-corrected chi connectivity index (χ4v) is 4.63. The zero-order valence-corrected chi connectivity index (χ0v) is 19.7. The van der Waals surface area contributed by atoms with Gasteiger partial charge in [-0.25, -0.2) is 8.42 Å². The summed E-state index contributed by atoms with van der Waals surface area (Å²) in [6.45, 7) is 4.34. The highest BCUT2D eigenvalue weighted by atomic mass is 32.2. The van der Waals surface area contributed by atoms with Gasteiger partial charge in [0, 0.05) is 50.4 Å². The van der Waals surface area contributed by atoms with Gasteiger partial charge in [-0.3, -0.25) is 9.59 Å². The zero-order valence-electron chi connectivity index (χ0n) is 18.9. The number of carbonyl (C=O) groups is 2. The molecule has 3 rings (SSSR count). The normalized spacial score (nSPS) is 15.1. The monoisotopic (exact) mass is 474 g/mol. The Balaban J connectivity index is 1.45. The highest BCUT2D eigenvalue weighted by Gasteiger charge is 2.25. The number of anilines is 2. The summed E-state index contributed by atoms with van der Waals surface area (Å²) in [5.74, 6) is 0.269. The Labute approximate surface area is 194 Å². The van der Waals surface area contributed by atoms with Crippen molar-refractivity contribution in [2.75, 3.05) is 56.2 Å². The van der Waals surface area contributed by atoms with E-state index in [0.717, 1.165) is 0 Å². The van der Waals surface area contributed by atoms with Gasteiger partial charge in [-0.2, -0.15) is 4.31 Å². The molecule has 1 heterocycles. The molecule has 0 unspecified atom stereocenters. The fraction of sp³-hybridized carbons (Fsp3) is 0.391. The summed E-state index contributed by atoms with van der Waals surface area (Å²) in [4.78, 5) is 26.9. The van der Waals surface area contributed by atoms with Crippen LogP contribution in [0.15, 0.2) is 48.5 Å². The molecule has 2 aromatic carbocycles. The van der Waals surface area contributed by atoms with Crippen LogP contribution in [-0.4, -0.2) is 75.0 Å². The SMILES string of the molecule is CCS(=O)(=O)N1CCN(CCC(=O)Nc2ccc(C(=O)Nc3ccccc3OC)cc2)CC1. The van der Waals surface area contributed by atoms with Crippen LogP contribution >= 0.6 is 0 Å². The molecule has 1 aliphatic heterocycles. The molecule has 1 aliphatic rings. The van der Waals surface area contributed by atoms with E-state index in [1.807, 2.05) is 12.1 Å². The molecule has 0 aromatic heterocycles. The van der Waals surface area contributed by atoms with E-state index in [4.69, 9.17) is 4.74 Å². The van der Waals surface area contributed by atoms with Gasteiger partial charge >= 0.3 is 0 Å². The number of benzene rings is 2. The summed E-state index contributed by atoms with van der Waals surface area (Å²) in [7, 11) is -1.61. The number of sulfonamides is 1. The molecule has 2 N–H and O–H groups in total. The van der Waals surface area contributed by atoms with Crippen LogP contribution in [0, 0.1) is 0 Å². The Hall–Kier alpha value is -2.95. The standard InChI is InChI=1S/C23H30N4O5S/c1-3-33(30,31)27-16-14-26(15-17-27)13-12-22(28)24-19-10-8-18(9-11-19)23(29)25-20-6-4-5-7-21(20)32-2/h4-11H,3,12-17H2,1-2H3,(H,24,28)(H,25,29). The summed E-state index contributed by atoms with van der Waals surface area (Å²) >= 11 is 0. The Morgan fingerprint density at radius 2 is 1.64 bits per heavy atom. The minimum Gasteiger partial charge on any atom is -0.495 e. The van der Waals surface area contributed by atoms with Crippen molar-refractivity contribution in [3.63, 3.8) is 0 Å². The van der Waals surface area contributed by atoms with Crippen LogP contribution < -0.4 is 15.4 Å². The number of piperazine rings is 1. The Morgan fingerprint density at radius 1 is 0.970 bits per heavy atom. The van der Waals surface area contributed by atoms with Crippen LogP contribution in [-0.2, 0) is 14.8 Å². The van der Waals surface area contributed by atoms with Crippen molar-refractivity contribution in [3.05, 3.63) is 54.1 Å². The molecule has 178 valence electrons. The predicted molar refractivity (Wildman–Crippen MR) is 128 cm³/mol. The molecule has 1 fully saturated rings. The number of methoxy groups -OCH3 is 1. The second-order valence-corrected chi connectivity index (χ2v) is 9.93. The predicted octanol–water partition coefficient (Wildman–Crippen LogP) is 2.24. The van der Waals surface area contributed by atoms with E-state index in [1.165, 1.54) is 4.31 Å². The lowest BCUT2D eigenvalue weighted by Gasteiger charge is -2.33. The maximum atomic E-state index is 12.5. The van der Waals surface area contributed by atoms with Crippen LogP contribution in [0.4, 0.5) is 11.4 Å². The third-order valence-corrected chi connectivity index (χ3v) is 7.41. The molecule has 0 radical (unpaired) electrons. The topological polar surface area (TPSA) is 108 Å². The molecule has 0 bridgehead atoms. The molecule has 2 aromatic rings. The van der Waals surface area contributed by atoms with Crippen molar-refractivity contribution in [1.82, 2.24) is 9.21 Å². The van der Waals surface area contributed by atoms with Gasteiger partial charge in [0.25, 0.3) is 5.91 Å². The number of amides is 2. The summed E-state index contributed by atoms with van der Waals surface area (Å²) in [5.41, 5.74) is 1.64. The Kier molecular flexibility index (Phi) is 8.43. The summed E-state index contributed by atoms with van der Waals surface area (Å²) in [6.07, 6.45) is 0.302. The molecule has 0 atom stereocenters. The number of carbonyl (C=O) groups excluding carboxylic acids is 2. The molecular weight excluding hydrogens is 444 g/mol. The average Bonchev–Trinajstić information content (AvgIpc) is 2.83.